The third kappa shape index (κ3) is 1.74. The largest absolute Gasteiger partial charge is 0.478 e. The molecule has 1 saturated carbocycles. The second-order valence-corrected chi connectivity index (χ2v) is 4.69. The standard InChI is InChI=1S/C12H11N3O4/c1-15-9-8(10(16)14-12(15)19)6(11(17)18)4-7(13-9)5-2-3-5/h4-5H,2-3H2,1H3,(H,17,18)(H,14,16,19). The number of hydrogen-bond donors (Lipinski definition) is 2. The predicted octanol–water partition coefficient (Wildman–Crippen LogP) is 0.197. The van der Waals surface area contributed by atoms with Crippen molar-refractivity contribution in [2.75, 3.05) is 0 Å². The maximum Gasteiger partial charge on any atom is 0.336 e. The lowest BCUT2D eigenvalue weighted by molar-refractivity contribution is 0.0698. The van der Waals surface area contributed by atoms with E-state index in [1.165, 1.54) is 13.1 Å². The van der Waals surface area contributed by atoms with Crippen LogP contribution in [-0.2, 0) is 7.05 Å². The van der Waals surface area contributed by atoms with Gasteiger partial charge < -0.3 is 5.11 Å². The molecular formula is C12H11N3O4. The molecule has 0 spiro atoms. The lowest BCUT2D eigenvalue weighted by Crippen LogP contribution is -2.30. The van der Waals surface area contributed by atoms with Gasteiger partial charge in [-0.2, -0.15) is 0 Å². The second-order valence-electron chi connectivity index (χ2n) is 4.69. The van der Waals surface area contributed by atoms with Gasteiger partial charge in [0, 0.05) is 18.7 Å². The number of carbonyl (C=O) groups is 1. The Morgan fingerprint density at radius 3 is 2.74 bits per heavy atom. The molecule has 7 heteroatoms. The Hall–Kier alpha value is -2.44. The van der Waals surface area contributed by atoms with E-state index in [1.54, 1.807) is 0 Å². The van der Waals surface area contributed by atoms with Crippen LogP contribution >= 0.6 is 0 Å². The number of aromatic amines is 1. The lowest BCUT2D eigenvalue weighted by Gasteiger charge is -2.08. The third-order valence-electron chi connectivity index (χ3n) is 3.32. The number of nitrogens with zero attached hydrogens (tertiary/aromatic N) is 2. The van der Waals surface area contributed by atoms with Crippen molar-refractivity contribution in [1.82, 2.24) is 14.5 Å². The average Bonchev–Trinajstić information content (AvgIpc) is 3.18. The van der Waals surface area contributed by atoms with E-state index in [4.69, 9.17) is 0 Å². The topological polar surface area (TPSA) is 105 Å². The monoisotopic (exact) mass is 261 g/mol. The van der Waals surface area contributed by atoms with Gasteiger partial charge in [-0.25, -0.2) is 14.6 Å². The zero-order valence-corrected chi connectivity index (χ0v) is 10.1. The summed E-state index contributed by atoms with van der Waals surface area (Å²) < 4.78 is 1.16. The molecule has 1 aliphatic rings. The SMILES string of the molecule is Cn1c(=O)[nH]c(=O)c2c(C(=O)O)cc(C3CC3)nc21. The van der Waals surface area contributed by atoms with Crippen molar-refractivity contribution in [3.05, 3.63) is 38.2 Å². The summed E-state index contributed by atoms with van der Waals surface area (Å²) in [5.41, 5.74) is -0.676. The summed E-state index contributed by atoms with van der Waals surface area (Å²) in [6.45, 7) is 0. The van der Waals surface area contributed by atoms with Crippen LogP contribution in [0.1, 0.15) is 34.8 Å². The van der Waals surface area contributed by atoms with E-state index in [-0.39, 0.29) is 22.5 Å². The first-order valence-electron chi connectivity index (χ1n) is 5.86. The maximum absolute atomic E-state index is 11.8. The number of hydrogen-bond acceptors (Lipinski definition) is 4. The molecule has 0 aromatic carbocycles. The minimum atomic E-state index is -1.20. The van der Waals surface area contributed by atoms with Gasteiger partial charge in [-0.3, -0.25) is 14.3 Å². The van der Waals surface area contributed by atoms with Crippen LogP contribution in [-0.4, -0.2) is 25.6 Å². The van der Waals surface area contributed by atoms with Gasteiger partial charge >= 0.3 is 11.7 Å². The Bertz CT molecular complexity index is 814. The first-order chi connectivity index (χ1) is 8.99. The van der Waals surface area contributed by atoms with Gasteiger partial charge in [0.25, 0.3) is 5.56 Å². The minimum absolute atomic E-state index is 0.0565. The summed E-state index contributed by atoms with van der Waals surface area (Å²) in [4.78, 5) is 41.0. The minimum Gasteiger partial charge on any atom is -0.478 e. The molecule has 3 rings (SSSR count). The van der Waals surface area contributed by atoms with Crippen LogP contribution in [0.3, 0.4) is 0 Å². The third-order valence-corrected chi connectivity index (χ3v) is 3.32. The lowest BCUT2D eigenvalue weighted by atomic mass is 10.1. The number of rotatable bonds is 2. The van der Waals surface area contributed by atoms with E-state index in [9.17, 15) is 19.5 Å². The van der Waals surface area contributed by atoms with Gasteiger partial charge in [0.15, 0.2) is 0 Å². The highest BCUT2D eigenvalue weighted by Gasteiger charge is 2.28. The van der Waals surface area contributed by atoms with Crippen molar-refractivity contribution < 1.29 is 9.90 Å². The Morgan fingerprint density at radius 2 is 2.16 bits per heavy atom. The highest BCUT2D eigenvalue weighted by molar-refractivity contribution is 6.01. The van der Waals surface area contributed by atoms with E-state index < -0.39 is 17.2 Å². The Balaban J connectivity index is 2.50. The van der Waals surface area contributed by atoms with Gasteiger partial charge in [-0.05, 0) is 18.9 Å². The summed E-state index contributed by atoms with van der Waals surface area (Å²) in [5.74, 6) is -0.963. The fraction of sp³-hybridized carbons (Fsp3) is 0.333. The Labute approximate surface area is 106 Å². The van der Waals surface area contributed by atoms with Gasteiger partial charge in [0.1, 0.15) is 5.65 Å². The van der Waals surface area contributed by atoms with Crippen molar-refractivity contribution in [1.29, 1.82) is 0 Å². The van der Waals surface area contributed by atoms with Crippen LogP contribution in [0.4, 0.5) is 0 Å². The molecule has 7 nitrogen and oxygen atoms in total. The van der Waals surface area contributed by atoms with Crippen LogP contribution in [0.25, 0.3) is 11.0 Å². The smallest absolute Gasteiger partial charge is 0.336 e. The first kappa shape index (κ1) is 11.6. The van der Waals surface area contributed by atoms with Crippen molar-refractivity contribution in [3.63, 3.8) is 0 Å². The number of fused-ring (bicyclic) bond motifs is 1. The maximum atomic E-state index is 11.8. The number of aryl methyl sites for hydroxylation is 1. The molecule has 2 aromatic heterocycles. The van der Waals surface area contributed by atoms with Gasteiger partial charge in [-0.15, -0.1) is 0 Å². The van der Waals surface area contributed by atoms with Crippen LogP contribution in [0.2, 0.25) is 0 Å². The van der Waals surface area contributed by atoms with E-state index >= 15 is 0 Å². The molecule has 0 saturated heterocycles. The first-order valence-corrected chi connectivity index (χ1v) is 5.86. The summed E-state index contributed by atoms with van der Waals surface area (Å²) in [7, 11) is 1.45. The summed E-state index contributed by atoms with van der Waals surface area (Å²) in [6.07, 6.45) is 1.91. The predicted molar refractivity (Wildman–Crippen MR) is 66.5 cm³/mol. The van der Waals surface area contributed by atoms with Crippen LogP contribution < -0.4 is 11.2 Å². The number of carboxylic acids is 1. The second kappa shape index (κ2) is 3.78. The van der Waals surface area contributed by atoms with Crippen molar-refractivity contribution in [2.45, 2.75) is 18.8 Å². The number of carboxylic acid groups (broad SMARTS) is 1. The molecule has 0 radical (unpaired) electrons. The van der Waals surface area contributed by atoms with Gasteiger partial charge in [0.05, 0.1) is 10.9 Å². The highest BCUT2D eigenvalue weighted by atomic mass is 16.4. The molecule has 0 unspecified atom stereocenters. The summed E-state index contributed by atoms with van der Waals surface area (Å²) >= 11 is 0. The van der Waals surface area contributed by atoms with Crippen molar-refractivity contribution >= 4 is 17.0 Å². The van der Waals surface area contributed by atoms with E-state index in [0.717, 1.165) is 17.4 Å². The summed E-state index contributed by atoms with van der Waals surface area (Å²) in [6, 6.07) is 1.43. The van der Waals surface area contributed by atoms with Crippen LogP contribution in [0.15, 0.2) is 15.7 Å². The Morgan fingerprint density at radius 1 is 1.47 bits per heavy atom. The number of aromatic nitrogens is 3. The van der Waals surface area contributed by atoms with E-state index in [0.29, 0.717) is 5.69 Å². The fourth-order valence-corrected chi connectivity index (χ4v) is 2.11. The number of H-pyrrole nitrogens is 1. The normalized spacial score (nSPS) is 14.8. The molecule has 0 bridgehead atoms. The van der Waals surface area contributed by atoms with Gasteiger partial charge in [-0.1, -0.05) is 0 Å². The molecule has 1 aliphatic carbocycles. The Kier molecular flexibility index (Phi) is 2.31. The van der Waals surface area contributed by atoms with Crippen LogP contribution in [0, 0.1) is 0 Å². The number of nitrogens with one attached hydrogen (secondary N) is 1. The van der Waals surface area contributed by atoms with Crippen molar-refractivity contribution in [3.8, 4) is 0 Å². The molecule has 2 aromatic rings. The molecule has 2 N–H and O–H groups in total. The van der Waals surface area contributed by atoms with Crippen LogP contribution in [0.5, 0.6) is 0 Å². The molecule has 2 heterocycles. The fourth-order valence-electron chi connectivity index (χ4n) is 2.11. The quantitative estimate of drug-likeness (QED) is 0.803. The highest BCUT2D eigenvalue weighted by Crippen LogP contribution is 2.39. The molecule has 98 valence electrons. The number of pyridine rings is 1. The number of aromatic carboxylic acids is 1. The molecule has 0 aliphatic heterocycles. The molecule has 19 heavy (non-hydrogen) atoms. The molecule has 0 atom stereocenters. The molecular weight excluding hydrogens is 250 g/mol. The average molecular weight is 261 g/mol. The van der Waals surface area contributed by atoms with Gasteiger partial charge in [0.2, 0.25) is 0 Å². The molecule has 0 amide bonds. The zero-order chi connectivity index (χ0) is 13.7. The van der Waals surface area contributed by atoms with E-state index in [2.05, 4.69) is 9.97 Å². The zero-order valence-electron chi connectivity index (χ0n) is 10.1. The molecule has 1 fully saturated rings. The summed E-state index contributed by atoms with van der Waals surface area (Å²) in [5, 5.41) is 9.17. The van der Waals surface area contributed by atoms with Crippen molar-refractivity contribution in [2.24, 2.45) is 7.05 Å². The van der Waals surface area contributed by atoms with E-state index in [1.807, 2.05) is 0 Å².